The third kappa shape index (κ3) is 4.99. The second-order valence-electron chi connectivity index (χ2n) is 15.2. The molecule has 2 nitrogen and oxygen atoms in total. The van der Waals surface area contributed by atoms with Crippen molar-refractivity contribution in [2.45, 2.75) is 0 Å². The molecular formula is C56H34N2. The number of rotatable bonds is 5. The molecule has 1 aliphatic carbocycles. The van der Waals surface area contributed by atoms with Gasteiger partial charge in [-0.05, 0) is 113 Å². The number of nitrogens with zero attached hydrogens (tertiary/aromatic N) is 2. The molecule has 0 saturated heterocycles. The second kappa shape index (κ2) is 12.9. The van der Waals surface area contributed by atoms with E-state index < -0.39 is 0 Å². The molecule has 0 fully saturated rings. The molecule has 0 amide bonds. The third-order valence-electron chi connectivity index (χ3n) is 12.0. The van der Waals surface area contributed by atoms with Crippen molar-refractivity contribution in [2.75, 3.05) is 0 Å². The van der Waals surface area contributed by atoms with E-state index in [-0.39, 0.29) is 0 Å². The fourth-order valence-electron chi connectivity index (χ4n) is 9.47. The zero-order valence-electron chi connectivity index (χ0n) is 31.5. The van der Waals surface area contributed by atoms with E-state index >= 15 is 0 Å². The number of hydrogen-bond donors (Lipinski definition) is 0. The van der Waals surface area contributed by atoms with Gasteiger partial charge in [0.2, 0.25) is 0 Å². The van der Waals surface area contributed by atoms with Crippen LogP contribution in [0.2, 0.25) is 0 Å². The van der Waals surface area contributed by atoms with Crippen LogP contribution < -0.4 is 0 Å². The molecule has 0 bridgehead atoms. The summed E-state index contributed by atoms with van der Waals surface area (Å²) in [5.74, 6) is 0. The first-order chi connectivity index (χ1) is 28.8. The van der Waals surface area contributed by atoms with Gasteiger partial charge in [-0.3, -0.25) is 4.98 Å². The molecule has 12 rings (SSSR count). The van der Waals surface area contributed by atoms with E-state index in [0.29, 0.717) is 0 Å². The van der Waals surface area contributed by atoms with Crippen LogP contribution in [0, 0.1) is 0 Å². The van der Waals surface area contributed by atoms with Gasteiger partial charge in [0.05, 0.1) is 16.7 Å². The van der Waals surface area contributed by atoms with Gasteiger partial charge in [0.1, 0.15) is 0 Å². The number of benzene rings is 9. The number of fused-ring (bicyclic) bond motifs is 7. The molecule has 11 aromatic rings. The Hall–Kier alpha value is -7.68. The molecular weight excluding hydrogens is 701 g/mol. The molecule has 0 radical (unpaired) electrons. The van der Waals surface area contributed by atoms with Crippen LogP contribution in [0.15, 0.2) is 206 Å². The minimum Gasteiger partial charge on any atom is -0.254 e. The Balaban J connectivity index is 1.02. The summed E-state index contributed by atoms with van der Waals surface area (Å²) < 4.78 is 0. The van der Waals surface area contributed by atoms with Crippen molar-refractivity contribution in [3.05, 3.63) is 206 Å². The standard InChI is InChI=1S/C56H34N2/c1-3-13-35(14-4-1)50-45-22-7-8-23-46(45)51(36-15-5-2-6-16-36)54-48-30-29-43(44-24-11-25-47(52(44)48)53(50)54)41-19-9-17-39(33-41)40-18-10-20-42(34-40)49-31-28-38-27-26-37-21-12-32-57-55(37)56(38)58-49/h1-34H. The zero-order valence-corrected chi connectivity index (χ0v) is 31.5. The summed E-state index contributed by atoms with van der Waals surface area (Å²) in [5.41, 5.74) is 18.9. The minimum atomic E-state index is 0.928. The predicted octanol–water partition coefficient (Wildman–Crippen LogP) is 15.1. The van der Waals surface area contributed by atoms with Crippen LogP contribution in [0.5, 0.6) is 0 Å². The molecule has 9 aromatic carbocycles. The van der Waals surface area contributed by atoms with Gasteiger partial charge in [-0.2, -0.15) is 0 Å². The number of pyridine rings is 2. The van der Waals surface area contributed by atoms with Crippen molar-refractivity contribution >= 4 is 43.4 Å². The van der Waals surface area contributed by atoms with Gasteiger partial charge < -0.3 is 0 Å². The fraction of sp³-hybridized carbons (Fsp3) is 0. The van der Waals surface area contributed by atoms with Crippen LogP contribution in [-0.2, 0) is 0 Å². The maximum atomic E-state index is 5.15. The van der Waals surface area contributed by atoms with E-state index in [1.807, 2.05) is 12.3 Å². The molecule has 1 aliphatic rings. The Kier molecular flexibility index (Phi) is 7.26. The molecule has 0 N–H and O–H groups in total. The van der Waals surface area contributed by atoms with Crippen LogP contribution in [0.1, 0.15) is 0 Å². The predicted molar refractivity (Wildman–Crippen MR) is 244 cm³/mol. The fourth-order valence-corrected chi connectivity index (χ4v) is 9.47. The van der Waals surface area contributed by atoms with Crippen LogP contribution in [-0.4, -0.2) is 9.97 Å². The monoisotopic (exact) mass is 734 g/mol. The van der Waals surface area contributed by atoms with E-state index in [9.17, 15) is 0 Å². The van der Waals surface area contributed by atoms with E-state index in [4.69, 9.17) is 4.98 Å². The zero-order chi connectivity index (χ0) is 38.2. The largest absolute Gasteiger partial charge is 0.254 e. The normalized spacial score (nSPS) is 11.8. The molecule has 2 heterocycles. The second-order valence-corrected chi connectivity index (χ2v) is 15.2. The molecule has 0 atom stereocenters. The maximum absolute atomic E-state index is 5.15. The summed E-state index contributed by atoms with van der Waals surface area (Å²) >= 11 is 0. The van der Waals surface area contributed by atoms with Crippen molar-refractivity contribution in [3.8, 4) is 78.0 Å². The summed E-state index contributed by atoms with van der Waals surface area (Å²) in [5, 5.41) is 7.31. The third-order valence-corrected chi connectivity index (χ3v) is 12.0. The smallest absolute Gasteiger partial charge is 0.0972 e. The summed E-state index contributed by atoms with van der Waals surface area (Å²) in [6.07, 6.45) is 1.84. The first-order valence-corrected chi connectivity index (χ1v) is 19.9. The Morgan fingerprint density at radius 2 is 0.810 bits per heavy atom. The van der Waals surface area contributed by atoms with Gasteiger partial charge in [0.15, 0.2) is 0 Å². The van der Waals surface area contributed by atoms with E-state index in [1.165, 1.54) is 82.7 Å². The van der Waals surface area contributed by atoms with Gasteiger partial charge in [-0.1, -0.05) is 176 Å². The highest BCUT2D eigenvalue weighted by Gasteiger charge is 2.31. The van der Waals surface area contributed by atoms with Crippen molar-refractivity contribution < 1.29 is 0 Å². The Morgan fingerprint density at radius 1 is 0.293 bits per heavy atom. The molecule has 0 spiro atoms. The molecule has 0 aliphatic heterocycles. The lowest BCUT2D eigenvalue weighted by molar-refractivity contribution is 1.37. The molecule has 268 valence electrons. The Labute approximate surface area is 336 Å². The molecule has 0 saturated carbocycles. The van der Waals surface area contributed by atoms with Crippen molar-refractivity contribution in [2.24, 2.45) is 0 Å². The average molecular weight is 735 g/mol. The quantitative estimate of drug-likeness (QED) is 0.165. The minimum absolute atomic E-state index is 0.928. The SMILES string of the molecule is c1ccc(-c2c3c(c(-c4ccccc4)c4ccccc24)-c2ccc(-c4cccc(-c5cccc(-c6ccc7ccc8cccnc8c7n6)c5)c4)c4cccc-3c24)cc1. The maximum Gasteiger partial charge on any atom is 0.0972 e. The molecule has 2 aromatic heterocycles. The number of hydrogen-bond acceptors (Lipinski definition) is 2. The lowest BCUT2D eigenvalue weighted by atomic mass is 9.82. The lowest BCUT2D eigenvalue weighted by Crippen LogP contribution is -1.93. The van der Waals surface area contributed by atoms with Crippen LogP contribution in [0.3, 0.4) is 0 Å². The molecule has 0 unspecified atom stereocenters. The van der Waals surface area contributed by atoms with Gasteiger partial charge >= 0.3 is 0 Å². The highest BCUT2D eigenvalue weighted by atomic mass is 14.7. The van der Waals surface area contributed by atoms with E-state index in [2.05, 4.69) is 199 Å². The van der Waals surface area contributed by atoms with Crippen molar-refractivity contribution in [1.82, 2.24) is 9.97 Å². The van der Waals surface area contributed by atoms with Crippen molar-refractivity contribution in [1.29, 1.82) is 0 Å². The van der Waals surface area contributed by atoms with Crippen LogP contribution in [0.25, 0.3) is 121 Å². The summed E-state index contributed by atoms with van der Waals surface area (Å²) in [6.45, 7) is 0. The molecule has 2 heteroatoms. The Morgan fingerprint density at radius 3 is 1.52 bits per heavy atom. The van der Waals surface area contributed by atoms with Crippen LogP contribution in [0.4, 0.5) is 0 Å². The van der Waals surface area contributed by atoms with E-state index in [1.54, 1.807) is 0 Å². The van der Waals surface area contributed by atoms with E-state index in [0.717, 1.165) is 38.6 Å². The average Bonchev–Trinajstić information content (AvgIpc) is 3.63. The highest BCUT2D eigenvalue weighted by molar-refractivity contribution is 6.28. The van der Waals surface area contributed by atoms with Gasteiger partial charge in [0, 0.05) is 22.5 Å². The van der Waals surface area contributed by atoms with Crippen molar-refractivity contribution in [3.63, 3.8) is 0 Å². The number of aromatic nitrogens is 2. The first kappa shape index (κ1) is 32.6. The van der Waals surface area contributed by atoms with Gasteiger partial charge in [-0.25, -0.2) is 4.98 Å². The van der Waals surface area contributed by atoms with Gasteiger partial charge in [-0.15, -0.1) is 0 Å². The topological polar surface area (TPSA) is 25.8 Å². The molecule has 58 heavy (non-hydrogen) atoms. The first-order valence-electron chi connectivity index (χ1n) is 19.9. The summed E-state index contributed by atoms with van der Waals surface area (Å²) in [7, 11) is 0. The summed E-state index contributed by atoms with van der Waals surface area (Å²) in [4.78, 5) is 9.84. The summed E-state index contributed by atoms with van der Waals surface area (Å²) in [6, 6.07) is 72.8. The lowest BCUT2D eigenvalue weighted by Gasteiger charge is -2.20. The van der Waals surface area contributed by atoms with Gasteiger partial charge in [0.25, 0.3) is 0 Å². The van der Waals surface area contributed by atoms with Crippen LogP contribution >= 0.6 is 0 Å². The Bertz CT molecular complexity index is 3350. The highest BCUT2D eigenvalue weighted by Crippen LogP contribution is 2.58.